The first-order valence-electron chi connectivity index (χ1n) is 7.22. The van der Waals surface area contributed by atoms with Crippen molar-refractivity contribution in [2.45, 2.75) is 39.2 Å². The topological polar surface area (TPSA) is 67.3 Å². The summed E-state index contributed by atoms with van der Waals surface area (Å²) in [6, 6.07) is 0. The van der Waals surface area contributed by atoms with E-state index in [1.165, 1.54) is 11.3 Å². The smallest absolute Gasteiger partial charge is 0.284 e. The molecule has 1 fully saturated rings. The summed E-state index contributed by atoms with van der Waals surface area (Å²) in [5, 5.41) is 12.2. The highest BCUT2D eigenvalue weighted by molar-refractivity contribution is 7.17. The van der Waals surface area contributed by atoms with Crippen molar-refractivity contribution in [2.24, 2.45) is 0 Å². The molecular weight excluding hydrogens is 276 g/mol. The zero-order valence-corrected chi connectivity index (χ0v) is 12.9. The molecule has 7 heteroatoms. The fourth-order valence-electron chi connectivity index (χ4n) is 2.21. The van der Waals surface area contributed by atoms with Crippen LogP contribution in [0, 0.1) is 0 Å². The number of hydrogen-bond acceptors (Lipinski definition) is 6. The van der Waals surface area contributed by atoms with Gasteiger partial charge in [-0.25, -0.2) is 0 Å². The molecule has 6 nitrogen and oxygen atoms in total. The first-order valence-corrected chi connectivity index (χ1v) is 8.04. The Hall–Kier alpha value is -1.21. The van der Waals surface area contributed by atoms with Crippen molar-refractivity contribution in [3.8, 4) is 0 Å². The summed E-state index contributed by atoms with van der Waals surface area (Å²) in [7, 11) is 0. The number of carbonyl (C=O) groups excluding carboxylic acids is 1. The molecular formula is C13H22N4O2S. The summed E-state index contributed by atoms with van der Waals surface area (Å²) < 4.78 is 5.75. The average Bonchev–Trinajstić information content (AvgIpc) is 2.93. The fourth-order valence-corrected chi connectivity index (χ4v) is 2.99. The number of nitrogens with one attached hydrogen (secondary N) is 1. The maximum Gasteiger partial charge on any atom is 0.284 e. The number of piperidine rings is 1. The van der Waals surface area contributed by atoms with Gasteiger partial charge in [0.15, 0.2) is 0 Å². The van der Waals surface area contributed by atoms with E-state index in [-0.39, 0.29) is 12.0 Å². The van der Waals surface area contributed by atoms with Crippen LogP contribution < -0.4 is 5.32 Å². The van der Waals surface area contributed by atoms with Crippen LogP contribution in [0.4, 0.5) is 5.13 Å². The zero-order chi connectivity index (χ0) is 14.4. The van der Waals surface area contributed by atoms with Crippen molar-refractivity contribution in [1.82, 2.24) is 15.1 Å². The molecule has 1 atom stereocenters. The van der Waals surface area contributed by atoms with Crippen molar-refractivity contribution in [3.63, 3.8) is 0 Å². The monoisotopic (exact) mass is 298 g/mol. The van der Waals surface area contributed by atoms with E-state index in [2.05, 4.69) is 22.4 Å². The van der Waals surface area contributed by atoms with E-state index in [0.717, 1.165) is 39.0 Å². The van der Waals surface area contributed by atoms with Crippen LogP contribution in [-0.2, 0) is 4.74 Å². The molecule has 0 radical (unpaired) electrons. The van der Waals surface area contributed by atoms with E-state index in [1.54, 1.807) is 0 Å². The number of nitrogens with zero attached hydrogens (tertiary/aromatic N) is 3. The second-order valence-corrected chi connectivity index (χ2v) is 5.81. The number of rotatable bonds is 6. The van der Waals surface area contributed by atoms with Gasteiger partial charge in [0.25, 0.3) is 5.91 Å². The quantitative estimate of drug-likeness (QED) is 0.870. The normalized spacial score (nSPS) is 19.1. The lowest BCUT2D eigenvalue weighted by Gasteiger charge is -2.32. The van der Waals surface area contributed by atoms with Crippen molar-refractivity contribution < 1.29 is 9.53 Å². The van der Waals surface area contributed by atoms with Gasteiger partial charge in [-0.3, -0.25) is 4.79 Å². The molecule has 1 amide bonds. The van der Waals surface area contributed by atoms with Gasteiger partial charge in [-0.05, 0) is 26.2 Å². The summed E-state index contributed by atoms with van der Waals surface area (Å²) in [4.78, 5) is 14.2. The van der Waals surface area contributed by atoms with Crippen molar-refractivity contribution in [1.29, 1.82) is 0 Å². The maximum absolute atomic E-state index is 12.4. The number of likely N-dealkylation sites (tertiary alicyclic amines) is 1. The van der Waals surface area contributed by atoms with Gasteiger partial charge in [-0.1, -0.05) is 18.3 Å². The van der Waals surface area contributed by atoms with Gasteiger partial charge in [0.1, 0.15) is 0 Å². The first kappa shape index (κ1) is 15.2. The zero-order valence-electron chi connectivity index (χ0n) is 12.1. The number of aromatic nitrogens is 2. The van der Waals surface area contributed by atoms with E-state index < -0.39 is 0 Å². The second-order valence-electron chi connectivity index (χ2n) is 4.83. The molecule has 20 heavy (non-hydrogen) atoms. The molecule has 0 aliphatic carbocycles. The molecule has 0 spiro atoms. The molecule has 1 aromatic rings. The Bertz CT molecular complexity index is 438. The van der Waals surface area contributed by atoms with Crippen LogP contribution in [0.25, 0.3) is 0 Å². The molecule has 1 aliphatic heterocycles. The van der Waals surface area contributed by atoms with E-state index in [9.17, 15) is 4.79 Å². The van der Waals surface area contributed by atoms with Crippen LogP contribution >= 0.6 is 11.3 Å². The molecule has 2 heterocycles. The van der Waals surface area contributed by atoms with Crippen molar-refractivity contribution >= 4 is 22.4 Å². The van der Waals surface area contributed by atoms with E-state index in [1.807, 2.05) is 11.8 Å². The Labute approximate surface area is 123 Å². The van der Waals surface area contributed by atoms with E-state index >= 15 is 0 Å². The van der Waals surface area contributed by atoms with Crippen molar-refractivity contribution in [3.05, 3.63) is 5.01 Å². The van der Waals surface area contributed by atoms with E-state index in [0.29, 0.717) is 16.7 Å². The van der Waals surface area contributed by atoms with Gasteiger partial charge < -0.3 is 15.0 Å². The van der Waals surface area contributed by atoms with Crippen LogP contribution in [-0.4, -0.2) is 53.3 Å². The lowest BCUT2D eigenvalue weighted by atomic mass is 10.1. The van der Waals surface area contributed by atoms with Crippen molar-refractivity contribution in [2.75, 3.05) is 31.6 Å². The number of carbonyl (C=O) groups is 1. The Morgan fingerprint density at radius 3 is 3.10 bits per heavy atom. The third kappa shape index (κ3) is 3.89. The SMILES string of the molecule is CCCOC1CCCN(C(=O)c2nnc(NCC)s2)C1. The van der Waals surface area contributed by atoms with Crippen LogP contribution in [0.5, 0.6) is 0 Å². The minimum atomic E-state index is -0.0311. The van der Waals surface area contributed by atoms with Gasteiger partial charge in [0.05, 0.1) is 6.10 Å². The summed E-state index contributed by atoms with van der Waals surface area (Å²) in [5.41, 5.74) is 0. The lowest BCUT2D eigenvalue weighted by molar-refractivity contribution is 0.00208. The Kier molecular flexibility index (Phi) is 5.72. The highest BCUT2D eigenvalue weighted by atomic mass is 32.1. The minimum absolute atomic E-state index is 0.0311. The molecule has 0 aromatic carbocycles. The predicted octanol–water partition coefficient (Wildman–Crippen LogP) is 2.00. The predicted molar refractivity (Wildman–Crippen MR) is 79.2 cm³/mol. The fraction of sp³-hybridized carbons (Fsp3) is 0.769. The first-order chi connectivity index (χ1) is 9.74. The number of hydrogen-bond donors (Lipinski definition) is 1. The van der Waals surface area contributed by atoms with Gasteiger partial charge in [-0.15, -0.1) is 10.2 Å². The minimum Gasteiger partial charge on any atom is -0.376 e. The van der Waals surface area contributed by atoms with Gasteiger partial charge in [0.2, 0.25) is 10.1 Å². The highest BCUT2D eigenvalue weighted by Crippen LogP contribution is 2.20. The molecule has 1 aliphatic rings. The Balaban J connectivity index is 1.93. The summed E-state index contributed by atoms with van der Waals surface area (Å²) >= 11 is 1.31. The molecule has 1 N–H and O–H groups in total. The third-order valence-electron chi connectivity index (χ3n) is 3.16. The standard InChI is InChI=1S/C13H22N4O2S/c1-3-8-19-10-6-5-7-17(9-10)12(18)11-15-16-13(20-11)14-4-2/h10H,3-9H2,1-2H3,(H,14,16). The summed E-state index contributed by atoms with van der Waals surface area (Å²) in [6.45, 7) is 7.06. The van der Waals surface area contributed by atoms with Crippen LogP contribution in [0.15, 0.2) is 0 Å². The third-order valence-corrected chi connectivity index (χ3v) is 4.03. The van der Waals surface area contributed by atoms with Crippen LogP contribution in [0.3, 0.4) is 0 Å². The Morgan fingerprint density at radius 1 is 1.50 bits per heavy atom. The molecule has 1 aromatic heterocycles. The highest BCUT2D eigenvalue weighted by Gasteiger charge is 2.27. The number of ether oxygens (including phenoxy) is 1. The summed E-state index contributed by atoms with van der Waals surface area (Å²) in [6.07, 6.45) is 3.18. The van der Waals surface area contributed by atoms with Crippen LogP contribution in [0.1, 0.15) is 42.9 Å². The van der Waals surface area contributed by atoms with Gasteiger partial charge in [0, 0.05) is 26.2 Å². The van der Waals surface area contributed by atoms with E-state index in [4.69, 9.17) is 4.74 Å². The molecule has 2 rings (SSSR count). The number of anilines is 1. The molecule has 0 saturated carbocycles. The molecule has 0 bridgehead atoms. The largest absolute Gasteiger partial charge is 0.376 e. The second kappa shape index (κ2) is 7.54. The Morgan fingerprint density at radius 2 is 2.35 bits per heavy atom. The molecule has 1 saturated heterocycles. The maximum atomic E-state index is 12.4. The van der Waals surface area contributed by atoms with Gasteiger partial charge in [-0.2, -0.15) is 0 Å². The molecule has 1 unspecified atom stereocenters. The summed E-state index contributed by atoms with van der Waals surface area (Å²) in [5.74, 6) is -0.0311. The lowest BCUT2D eigenvalue weighted by Crippen LogP contribution is -2.43. The molecule has 112 valence electrons. The van der Waals surface area contributed by atoms with Gasteiger partial charge >= 0.3 is 0 Å². The average molecular weight is 298 g/mol. The number of amides is 1. The van der Waals surface area contributed by atoms with Crippen LogP contribution in [0.2, 0.25) is 0 Å².